The second kappa shape index (κ2) is 4.04. The Balaban J connectivity index is 2.14. The molecule has 1 heterocycles. The maximum absolute atomic E-state index is 11.8. The molecule has 1 aliphatic rings. The molecule has 2 N–H and O–H groups in total. The maximum atomic E-state index is 11.8. The lowest BCUT2D eigenvalue weighted by atomic mass is 10.1. The lowest BCUT2D eigenvalue weighted by molar-refractivity contribution is 0.0853. The van der Waals surface area contributed by atoms with Crippen molar-refractivity contribution in [1.82, 2.24) is 0 Å². The van der Waals surface area contributed by atoms with Crippen LogP contribution in [0.1, 0.15) is 15.2 Å². The summed E-state index contributed by atoms with van der Waals surface area (Å²) in [5.74, 6) is -0.406. The molecular formula is C13H9NO3S. The molecule has 0 radical (unpaired) electrons. The molecule has 90 valence electrons. The highest BCUT2D eigenvalue weighted by Gasteiger charge is 2.38. The van der Waals surface area contributed by atoms with Crippen molar-refractivity contribution in [2.45, 2.75) is 6.10 Å². The SMILES string of the molecule is O=C1c2cc(-c3ccccc3)sc2C(=NO)C1O. The van der Waals surface area contributed by atoms with Crippen LogP contribution in [-0.4, -0.2) is 27.9 Å². The van der Waals surface area contributed by atoms with Gasteiger partial charge in [-0.05, 0) is 11.6 Å². The number of hydrogen-bond donors (Lipinski definition) is 2. The van der Waals surface area contributed by atoms with E-state index in [0.29, 0.717) is 10.4 Å². The van der Waals surface area contributed by atoms with Crippen LogP contribution in [0.5, 0.6) is 0 Å². The van der Waals surface area contributed by atoms with E-state index >= 15 is 0 Å². The van der Waals surface area contributed by atoms with E-state index in [2.05, 4.69) is 5.16 Å². The van der Waals surface area contributed by atoms with Gasteiger partial charge in [-0.3, -0.25) is 4.79 Å². The summed E-state index contributed by atoms with van der Waals surface area (Å²) in [6, 6.07) is 11.4. The Morgan fingerprint density at radius 3 is 2.61 bits per heavy atom. The van der Waals surface area contributed by atoms with Crippen molar-refractivity contribution in [2.24, 2.45) is 5.16 Å². The fourth-order valence-electron chi connectivity index (χ4n) is 2.00. The first-order valence-electron chi connectivity index (χ1n) is 5.36. The highest BCUT2D eigenvalue weighted by molar-refractivity contribution is 7.18. The number of carbonyl (C=O) groups is 1. The van der Waals surface area contributed by atoms with Gasteiger partial charge in [0, 0.05) is 10.4 Å². The van der Waals surface area contributed by atoms with Crippen LogP contribution in [0.4, 0.5) is 0 Å². The third kappa shape index (κ3) is 1.48. The van der Waals surface area contributed by atoms with E-state index < -0.39 is 11.9 Å². The molecule has 4 nitrogen and oxygen atoms in total. The van der Waals surface area contributed by atoms with Gasteiger partial charge in [-0.25, -0.2) is 0 Å². The molecule has 0 saturated heterocycles. The number of nitrogens with zero attached hydrogens (tertiary/aromatic N) is 1. The normalized spacial score (nSPS) is 20.4. The zero-order valence-corrected chi connectivity index (χ0v) is 10.0. The maximum Gasteiger partial charge on any atom is 0.199 e. The Bertz CT molecular complexity index is 646. The predicted molar refractivity (Wildman–Crippen MR) is 68.4 cm³/mol. The summed E-state index contributed by atoms with van der Waals surface area (Å²) in [5.41, 5.74) is 1.47. The highest BCUT2D eigenvalue weighted by Crippen LogP contribution is 2.36. The molecule has 1 unspecified atom stereocenters. The minimum atomic E-state index is -1.33. The Kier molecular flexibility index (Phi) is 2.50. The number of aliphatic hydroxyl groups excluding tert-OH is 1. The van der Waals surface area contributed by atoms with E-state index in [1.54, 1.807) is 6.07 Å². The lowest BCUT2D eigenvalue weighted by Gasteiger charge is -2.00. The Hall–Kier alpha value is -1.98. The van der Waals surface area contributed by atoms with Crippen LogP contribution in [-0.2, 0) is 0 Å². The number of hydrogen-bond acceptors (Lipinski definition) is 5. The topological polar surface area (TPSA) is 69.9 Å². The molecule has 0 amide bonds. The van der Waals surface area contributed by atoms with E-state index in [-0.39, 0.29) is 5.71 Å². The third-order valence-corrected chi connectivity index (χ3v) is 4.11. The summed E-state index contributed by atoms with van der Waals surface area (Å²) in [5, 5.41) is 21.5. The van der Waals surface area contributed by atoms with Crippen molar-refractivity contribution in [1.29, 1.82) is 0 Å². The molecule has 0 saturated carbocycles. The first-order valence-corrected chi connectivity index (χ1v) is 6.18. The monoisotopic (exact) mass is 259 g/mol. The van der Waals surface area contributed by atoms with Gasteiger partial charge in [0.05, 0.1) is 4.88 Å². The van der Waals surface area contributed by atoms with E-state index in [1.807, 2.05) is 30.3 Å². The van der Waals surface area contributed by atoms with Crippen molar-refractivity contribution in [3.63, 3.8) is 0 Å². The van der Waals surface area contributed by atoms with Crippen LogP contribution in [0.2, 0.25) is 0 Å². The van der Waals surface area contributed by atoms with E-state index in [4.69, 9.17) is 5.21 Å². The molecule has 18 heavy (non-hydrogen) atoms. The van der Waals surface area contributed by atoms with E-state index in [9.17, 15) is 9.90 Å². The molecular weight excluding hydrogens is 250 g/mol. The summed E-state index contributed by atoms with van der Waals surface area (Å²) < 4.78 is 0. The van der Waals surface area contributed by atoms with Crippen LogP contribution in [0.25, 0.3) is 10.4 Å². The minimum absolute atomic E-state index is 0.0437. The number of rotatable bonds is 1. The molecule has 2 aromatic rings. The van der Waals surface area contributed by atoms with Crippen molar-refractivity contribution in [2.75, 3.05) is 0 Å². The second-order valence-electron chi connectivity index (χ2n) is 3.97. The summed E-state index contributed by atoms with van der Waals surface area (Å²) in [4.78, 5) is 13.2. The van der Waals surface area contributed by atoms with Gasteiger partial charge < -0.3 is 10.3 Å². The third-order valence-electron chi connectivity index (χ3n) is 2.90. The molecule has 0 spiro atoms. The van der Waals surface area contributed by atoms with Gasteiger partial charge in [0.1, 0.15) is 5.71 Å². The first kappa shape index (κ1) is 11.1. The number of oxime groups is 1. The van der Waals surface area contributed by atoms with Crippen molar-refractivity contribution in [3.05, 3.63) is 46.8 Å². The number of fused-ring (bicyclic) bond motifs is 1. The molecule has 3 rings (SSSR count). The molecule has 1 atom stereocenters. The average Bonchev–Trinajstić information content (AvgIpc) is 2.92. The predicted octanol–water partition coefficient (Wildman–Crippen LogP) is 2.15. The van der Waals surface area contributed by atoms with Gasteiger partial charge in [0.2, 0.25) is 0 Å². The lowest BCUT2D eigenvalue weighted by Crippen LogP contribution is -2.21. The van der Waals surface area contributed by atoms with Crippen LogP contribution in [0.3, 0.4) is 0 Å². The fraction of sp³-hybridized carbons (Fsp3) is 0.0769. The standard InChI is InChI=1S/C13H9NO3S/c15-11-8-6-9(7-4-2-1-3-5-7)18-13(8)10(14-17)12(11)16/h1-6,12,16-17H. The van der Waals surface area contributed by atoms with Crippen LogP contribution < -0.4 is 0 Å². The molecule has 5 heteroatoms. The summed E-state index contributed by atoms with van der Waals surface area (Å²) in [7, 11) is 0. The Labute approximate surface area is 107 Å². The van der Waals surface area contributed by atoms with Crippen LogP contribution >= 0.6 is 11.3 Å². The smallest absolute Gasteiger partial charge is 0.199 e. The summed E-state index contributed by atoms with van der Waals surface area (Å²) in [6.07, 6.45) is -1.33. The zero-order chi connectivity index (χ0) is 12.7. The molecule has 0 aliphatic heterocycles. The number of Topliss-reactive ketones (excluding diaryl/α,β-unsaturated/α-hetero) is 1. The Morgan fingerprint density at radius 2 is 1.94 bits per heavy atom. The number of carbonyl (C=O) groups excluding carboxylic acids is 1. The molecule has 0 fully saturated rings. The number of benzene rings is 1. The number of ketones is 1. The van der Waals surface area contributed by atoms with Crippen LogP contribution in [0.15, 0.2) is 41.6 Å². The fourth-order valence-corrected chi connectivity index (χ4v) is 3.18. The largest absolute Gasteiger partial charge is 0.411 e. The average molecular weight is 259 g/mol. The highest BCUT2D eigenvalue weighted by atomic mass is 32.1. The summed E-state index contributed by atoms with van der Waals surface area (Å²) in [6.45, 7) is 0. The van der Waals surface area contributed by atoms with Crippen LogP contribution in [0, 0.1) is 0 Å². The quantitative estimate of drug-likeness (QED) is 0.609. The van der Waals surface area contributed by atoms with Crippen molar-refractivity contribution < 1.29 is 15.1 Å². The molecule has 1 aromatic heterocycles. The summed E-state index contributed by atoms with van der Waals surface area (Å²) >= 11 is 1.34. The minimum Gasteiger partial charge on any atom is -0.411 e. The van der Waals surface area contributed by atoms with E-state index in [0.717, 1.165) is 10.4 Å². The zero-order valence-electron chi connectivity index (χ0n) is 9.20. The van der Waals surface area contributed by atoms with Crippen molar-refractivity contribution in [3.8, 4) is 10.4 Å². The van der Waals surface area contributed by atoms with Gasteiger partial charge in [-0.1, -0.05) is 35.5 Å². The first-order chi connectivity index (χ1) is 8.72. The van der Waals surface area contributed by atoms with Gasteiger partial charge in [-0.15, -0.1) is 11.3 Å². The van der Waals surface area contributed by atoms with Crippen molar-refractivity contribution >= 4 is 22.8 Å². The van der Waals surface area contributed by atoms with Gasteiger partial charge in [-0.2, -0.15) is 0 Å². The molecule has 0 bridgehead atoms. The van der Waals surface area contributed by atoms with E-state index in [1.165, 1.54) is 11.3 Å². The van der Waals surface area contributed by atoms with Gasteiger partial charge in [0.25, 0.3) is 0 Å². The molecule has 1 aliphatic carbocycles. The molecule has 1 aromatic carbocycles. The Morgan fingerprint density at radius 1 is 1.22 bits per heavy atom. The van der Waals surface area contributed by atoms with Gasteiger partial charge in [0.15, 0.2) is 11.9 Å². The number of aliphatic hydroxyl groups is 1. The second-order valence-corrected chi connectivity index (χ2v) is 5.02. The van der Waals surface area contributed by atoms with Gasteiger partial charge >= 0.3 is 0 Å². The number of thiophene rings is 1.